The second-order valence-corrected chi connectivity index (χ2v) is 7.18. The topological polar surface area (TPSA) is 72.7 Å². The third-order valence-corrected chi connectivity index (χ3v) is 5.10. The number of nitrogens with zero attached hydrogens (tertiary/aromatic N) is 3. The summed E-state index contributed by atoms with van der Waals surface area (Å²) in [5.74, 6) is 1.39. The number of hydrogen-bond acceptors (Lipinski definition) is 4. The number of aromatic nitrogens is 4. The van der Waals surface area contributed by atoms with Crippen LogP contribution in [0.3, 0.4) is 0 Å². The zero-order valence-electron chi connectivity index (χ0n) is 12.4. The van der Waals surface area contributed by atoms with Gasteiger partial charge in [0.05, 0.1) is 4.88 Å². The van der Waals surface area contributed by atoms with Gasteiger partial charge in [0.2, 0.25) is 0 Å². The molecule has 3 heterocycles. The van der Waals surface area contributed by atoms with Crippen LogP contribution in [0.1, 0.15) is 17.7 Å². The molecular formula is C15H16N4O2S. The lowest BCUT2D eigenvalue weighted by atomic mass is 10.3. The lowest BCUT2D eigenvalue weighted by Crippen LogP contribution is -2.32. The number of H-pyrrole nitrogens is 1. The number of fused-ring (bicyclic) bond motifs is 1. The first-order chi connectivity index (χ1) is 10.5. The van der Waals surface area contributed by atoms with E-state index in [9.17, 15) is 9.59 Å². The van der Waals surface area contributed by atoms with Crippen LogP contribution >= 0.6 is 11.3 Å². The normalized spacial score (nSPS) is 14.8. The maximum Gasteiger partial charge on any atom is 0.329 e. The lowest BCUT2D eigenvalue weighted by Gasteiger charge is -2.06. The van der Waals surface area contributed by atoms with Crippen LogP contribution in [-0.4, -0.2) is 19.1 Å². The lowest BCUT2D eigenvalue weighted by molar-refractivity contribution is 0.641. The van der Waals surface area contributed by atoms with Crippen molar-refractivity contribution in [1.29, 1.82) is 0 Å². The molecule has 0 amide bonds. The number of aryl methyl sites for hydroxylation is 1. The van der Waals surface area contributed by atoms with Crippen LogP contribution in [0.25, 0.3) is 21.9 Å². The highest BCUT2D eigenvalue weighted by Gasteiger charge is 2.26. The fourth-order valence-corrected chi connectivity index (χ4v) is 3.51. The van der Waals surface area contributed by atoms with Gasteiger partial charge in [-0.05, 0) is 37.8 Å². The molecule has 0 aromatic carbocycles. The summed E-state index contributed by atoms with van der Waals surface area (Å²) in [5, 5.41) is 0. The van der Waals surface area contributed by atoms with E-state index in [0.717, 1.165) is 21.8 Å². The average Bonchev–Trinajstić information content (AvgIpc) is 3.10. The Kier molecular flexibility index (Phi) is 2.87. The molecular weight excluding hydrogens is 300 g/mol. The highest BCUT2D eigenvalue weighted by molar-refractivity contribution is 7.15. The molecule has 1 aliphatic rings. The van der Waals surface area contributed by atoms with Gasteiger partial charge in [-0.25, -0.2) is 9.78 Å². The SMILES string of the molecule is Cc1ccc(-c2nc3c(=O)n(C)c(=O)[nH]c3n2CC2CC2)s1. The van der Waals surface area contributed by atoms with Crippen LogP contribution in [0.15, 0.2) is 21.7 Å². The Labute approximate surface area is 130 Å². The molecule has 0 spiro atoms. The van der Waals surface area contributed by atoms with Crippen molar-refractivity contribution in [2.45, 2.75) is 26.3 Å². The minimum atomic E-state index is -0.400. The first kappa shape index (κ1) is 13.5. The molecule has 3 aromatic rings. The van der Waals surface area contributed by atoms with Gasteiger partial charge in [-0.15, -0.1) is 11.3 Å². The van der Waals surface area contributed by atoms with Crippen LogP contribution in [0.5, 0.6) is 0 Å². The van der Waals surface area contributed by atoms with Crippen molar-refractivity contribution in [2.75, 3.05) is 0 Å². The van der Waals surface area contributed by atoms with Crippen molar-refractivity contribution in [1.82, 2.24) is 19.1 Å². The molecule has 3 aromatic heterocycles. The van der Waals surface area contributed by atoms with Crippen LogP contribution in [0.4, 0.5) is 0 Å². The number of nitrogens with one attached hydrogen (secondary N) is 1. The van der Waals surface area contributed by atoms with Gasteiger partial charge >= 0.3 is 5.69 Å². The van der Waals surface area contributed by atoms with Crippen molar-refractivity contribution in [3.8, 4) is 10.7 Å². The number of rotatable bonds is 3. The van der Waals surface area contributed by atoms with E-state index in [1.54, 1.807) is 11.3 Å². The van der Waals surface area contributed by atoms with Gasteiger partial charge in [-0.2, -0.15) is 0 Å². The molecule has 1 fully saturated rings. The minimum Gasteiger partial charge on any atom is -0.309 e. The second-order valence-electron chi connectivity index (χ2n) is 5.89. The summed E-state index contributed by atoms with van der Waals surface area (Å²) in [7, 11) is 1.47. The van der Waals surface area contributed by atoms with Crippen molar-refractivity contribution >= 4 is 22.5 Å². The van der Waals surface area contributed by atoms with E-state index >= 15 is 0 Å². The monoisotopic (exact) mass is 316 g/mol. The second kappa shape index (κ2) is 4.67. The fourth-order valence-electron chi connectivity index (χ4n) is 2.64. The van der Waals surface area contributed by atoms with Gasteiger partial charge in [0, 0.05) is 18.5 Å². The average molecular weight is 316 g/mol. The zero-order chi connectivity index (χ0) is 15.4. The predicted molar refractivity (Wildman–Crippen MR) is 86.4 cm³/mol. The van der Waals surface area contributed by atoms with Crippen molar-refractivity contribution in [3.05, 3.63) is 37.8 Å². The predicted octanol–water partition coefficient (Wildman–Crippen LogP) is 1.87. The molecule has 1 aliphatic carbocycles. The standard InChI is InChI=1S/C15H16N4O2S/c1-8-3-6-10(22-8)12-16-11-13(19(12)7-9-4-5-9)17-15(21)18(2)14(11)20/h3,6,9H,4-5,7H2,1-2H3,(H,17,21). The van der Waals surface area contributed by atoms with E-state index < -0.39 is 5.69 Å². The molecule has 1 saturated carbocycles. The van der Waals surface area contributed by atoms with Gasteiger partial charge in [0.25, 0.3) is 5.56 Å². The number of hydrogen-bond donors (Lipinski definition) is 1. The van der Waals surface area contributed by atoms with Crippen LogP contribution in [0, 0.1) is 12.8 Å². The summed E-state index contributed by atoms with van der Waals surface area (Å²) < 4.78 is 3.07. The van der Waals surface area contributed by atoms with Gasteiger partial charge in [-0.1, -0.05) is 0 Å². The van der Waals surface area contributed by atoms with Crippen molar-refractivity contribution in [3.63, 3.8) is 0 Å². The largest absolute Gasteiger partial charge is 0.329 e. The molecule has 4 rings (SSSR count). The zero-order valence-corrected chi connectivity index (χ0v) is 13.2. The summed E-state index contributed by atoms with van der Waals surface area (Å²) in [5.41, 5.74) is 0.135. The van der Waals surface area contributed by atoms with Gasteiger partial charge in [0.15, 0.2) is 11.3 Å². The molecule has 0 saturated heterocycles. The Bertz CT molecular complexity index is 987. The summed E-state index contributed by atoms with van der Waals surface area (Å²) in [6.07, 6.45) is 2.38. The first-order valence-corrected chi connectivity index (χ1v) is 8.12. The highest BCUT2D eigenvalue weighted by Crippen LogP contribution is 2.35. The first-order valence-electron chi connectivity index (χ1n) is 7.31. The van der Waals surface area contributed by atoms with E-state index in [1.807, 2.05) is 23.6 Å². The summed E-state index contributed by atoms with van der Waals surface area (Å²) in [6.45, 7) is 2.84. The highest BCUT2D eigenvalue weighted by atomic mass is 32.1. The Morgan fingerprint density at radius 2 is 2.14 bits per heavy atom. The van der Waals surface area contributed by atoms with Crippen molar-refractivity contribution < 1.29 is 0 Å². The molecule has 0 atom stereocenters. The summed E-state index contributed by atoms with van der Waals surface area (Å²) in [6, 6.07) is 4.06. The molecule has 0 bridgehead atoms. The summed E-state index contributed by atoms with van der Waals surface area (Å²) >= 11 is 1.65. The van der Waals surface area contributed by atoms with Gasteiger partial charge < -0.3 is 4.57 Å². The number of aromatic amines is 1. The molecule has 6 nitrogen and oxygen atoms in total. The third kappa shape index (κ3) is 2.04. The van der Waals surface area contributed by atoms with E-state index in [0.29, 0.717) is 17.1 Å². The molecule has 7 heteroatoms. The Balaban J connectivity index is 2.04. The molecule has 114 valence electrons. The van der Waals surface area contributed by atoms with E-state index in [2.05, 4.69) is 9.97 Å². The molecule has 0 unspecified atom stereocenters. The molecule has 0 radical (unpaired) electrons. The van der Waals surface area contributed by atoms with Crippen LogP contribution in [-0.2, 0) is 13.6 Å². The van der Waals surface area contributed by atoms with Crippen LogP contribution < -0.4 is 11.2 Å². The number of imidazole rings is 1. The van der Waals surface area contributed by atoms with Gasteiger partial charge in [-0.3, -0.25) is 14.3 Å². The molecule has 22 heavy (non-hydrogen) atoms. The van der Waals surface area contributed by atoms with E-state index in [4.69, 9.17) is 0 Å². The third-order valence-electron chi connectivity index (χ3n) is 4.10. The molecule has 1 N–H and O–H groups in total. The maximum absolute atomic E-state index is 12.3. The Morgan fingerprint density at radius 1 is 1.36 bits per heavy atom. The smallest absolute Gasteiger partial charge is 0.309 e. The van der Waals surface area contributed by atoms with Gasteiger partial charge in [0.1, 0.15) is 5.65 Å². The fraction of sp³-hybridized carbons (Fsp3) is 0.400. The Hall–Kier alpha value is -2.15. The number of thiophene rings is 1. The molecule has 0 aliphatic heterocycles. The Morgan fingerprint density at radius 3 is 2.77 bits per heavy atom. The minimum absolute atomic E-state index is 0.337. The van der Waals surface area contributed by atoms with Crippen molar-refractivity contribution in [2.24, 2.45) is 13.0 Å². The maximum atomic E-state index is 12.3. The van der Waals surface area contributed by atoms with Crippen LogP contribution in [0.2, 0.25) is 0 Å². The summed E-state index contributed by atoms with van der Waals surface area (Å²) in [4.78, 5) is 33.8. The van der Waals surface area contributed by atoms with E-state index in [-0.39, 0.29) is 5.56 Å². The quantitative estimate of drug-likeness (QED) is 0.802. The van der Waals surface area contributed by atoms with E-state index in [1.165, 1.54) is 24.8 Å².